The number of halogens is 1. The SMILES string of the molecule is C[C@H](OC(=O)c1cncc(Br)c1)C(=O)Nc1ccccc1[N+](=O)[O-]. The maximum Gasteiger partial charge on any atom is 0.340 e. The van der Waals surface area contributed by atoms with Crippen LogP contribution in [0.25, 0.3) is 0 Å². The van der Waals surface area contributed by atoms with Gasteiger partial charge >= 0.3 is 5.97 Å². The van der Waals surface area contributed by atoms with Gasteiger partial charge in [-0.2, -0.15) is 0 Å². The Balaban J connectivity index is 2.05. The Hall–Kier alpha value is -2.81. The van der Waals surface area contributed by atoms with Crippen molar-refractivity contribution in [3.05, 3.63) is 62.9 Å². The summed E-state index contributed by atoms with van der Waals surface area (Å²) in [6.45, 7) is 1.37. The summed E-state index contributed by atoms with van der Waals surface area (Å²) in [7, 11) is 0. The third-order valence-electron chi connectivity index (χ3n) is 2.95. The number of nitrogens with one attached hydrogen (secondary N) is 1. The van der Waals surface area contributed by atoms with Gasteiger partial charge in [0, 0.05) is 22.9 Å². The van der Waals surface area contributed by atoms with Crippen LogP contribution in [-0.4, -0.2) is 27.9 Å². The maximum atomic E-state index is 12.1. The molecule has 1 N–H and O–H groups in total. The van der Waals surface area contributed by atoms with Crippen LogP contribution in [0.2, 0.25) is 0 Å². The summed E-state index contributed by atoms with van der Waals surface area (Å²) in [6, 6.07) is 7.19. The summed E-state index contributed by atoms with van der Waals surface area (Å²) < 4.78 is 5.64. The molecule has 0 saturated heterocycles. The summed E-state index contributed by atoms with van der Waals surface area (Å²) in [4.78, 5) is 38.2. The molecule has 0 radical (unpaired) electrons. The number of hydrogen-bond donors (Lipinski definition) is 1. The molecule has 0 unspecified atom stereocenters. The molecule has 0 spiro atoms. The number of carbonyl (C=O) groups is 2. The Morgan fingerprint density at radius 2 is 2.04 bits per heavy atom. The summed E-state index contributed by atoms with van der Waals surface area (Å²) in [6.07, 6.45) is 1.66. The fourth-order valence-corrected chi connectivity index (χ4v) is 2.14. The summed E-state index contributed by atoms with van der Waals surface area (Å²) in [5.74, 6) is -1.41. The predicted octanol–water partition coefficient (Wildman–Crippen LogP) is 2.94. The Labute approximate surface area is 145 Å². The minimum atomic E-state index is -1.14. The molecule has 24 heavy (non-hydrogen) atoms. The van der Waals surface area contributed by atoms with Crippen LogP contribution in [0.5, 0.6) is 0 Å². The van der Waals surface area contributed by atoms with Crippen LogP contribution < -0.4 is 5.32 Å². The largest absolute Gasteiger partial charge is 0.449 e. The van der Waals surface area contributed by atoms with Crippen LogP contribution in [0.4, 0.5) is 11.4 Å². The van der Waals surface area contributed by atoms with E-state index in [0.29, 0.717) is 4.47 Å². The average molecular weight is 394 g/mol. The second-order valence-electron chi connectivity index (χ2n) is 4.70. The van der Waals surface area contributed by atoms with Gasteiger partial charge in [0.25, 0.3) is 11.6 Å². The molecule has 0 bridgehead atoms. The van der Waals surface area contributed by atoms with Crippen molar-refractivity contribution in [1.82, 2.24) is 4.98 Å². The van der Waals surface area contributed by atoms with E-state index in [1.165, 1.54) is 43.6 Å². The highest BCUT2D eigenvalue weighted by molar-refractivity contribution is 9.10. The maximum absolute atomic E-state index is 12.1. The number of para-hydroxylation sites is 2. The Morgan fingerprint density at radius 3 is 2.71 bits per heavy atom. The van der Waals surface area contributed by atoms with E-state index >= 15 is 0 Å². The van der Waals surface area contributed by atoms with Crippen LogP contribution in [0, 0.1) is 10.1 Å². The highest BCUT2D eigenvalue weighted by atomic mass is 79.9. The van der Waals surface area contributed by atoms with E-state index in [-0.39, 0.29) is 16.9 Å². The van der Waals surface area contributed by atoms with Crippen molar-refractivity contribution in [2.24, 2.45) is 0 Å². The molecule has 0 aliphatic carbocycles. The van der Waals surface area contributed by atoms with Crippen LogP contribution in [-0.2, 0) is 9.53 Å². The van der Waals surface area contributed by atoms with Crippen molar-refractivity contribution in [3.63, 3.8) is 0 Å². The molecule has 0 saturated carbocycles. The molecular weight excluding hydrogens is 382 g/mol. The third kappa shape index (κ3) is 4.35. The second kappa shape index (κ2) is 7.64. The number of nitrogens with zero attached hydrogens (tertiary/aromatic N) is 2. The number of nitro groups is 1. The zero-order valence-corrected chi connectivity index (χ0v) is 14.0. The first kappa shape index (κ1) is 17.5. The van der Waals surface area contributed by atoms with Gasteiger partial charge in [-0.1, -0.05) is 12.1 Å². The molecule has 2 aromatic rings. The lowest BCUT2D eigenvalue weighted by Crippen LogP contribution is -2.30. The number of rotatable bonds is 5. The van der Waals surface area contributed by atoms with Gasteiger partial charge in [-0.05, 0) is 35.0 Å². The normalized spacial score (nSPS) is 11.4. The molecule has 1 atom stereocenters. The van der Waals surface area contributed by atoms with Gasteiger partial charge < -0.3 is 10.1 Å². The molecule has 9 heteroatoms. The van der Waals surface area contributed by atoms with Crippen LogP contribution in [0.1, 0.15) is 17.3 Å². The lowest BCUT2D eigenvalue weighted by Gasteiger charge is -2.13. The fraction of sp³-hybridized carbons (Fsp3) is 0.133. The van der Waals surface area contributed by atoms with Crippen molar-refractivity contribution in [2.75, 3.05) is 5.32 Å². The van der Waals surface area contributed by atoms with Crippen molar-refractivity contribution >= 4 is 39.2 Å². The Bertz CT molecular complexity index is 796. The molecule has 1 amide bonds. The second-order valence-corrected chi connectivity index (χ2v) is 5.62. The van der Waals surface area contributed by atoms with E-state index in [2.05, 4.69) is 26.2 Å². The first-order valence-electron chi connectivity index (χ1n) is 6.74. The van der Waals surface area contributed by atoms with Gasteiger partial charge in [0.2, 0.25) is 0 Å². The van der Waals surface area contributed by atoms with Gasteiger partial charge in [-0.15, -0.1) is 0 Å². The number of hydrogen-bond acceptors (Lipinski definition) is 6. The van der Waals surface area contributed by atoms with E-state index < -0.39 is 22.9 Å². The van der Waals surface area contributed by atoms with Gasteiger partial charge in [-0.3, -0.25) is 19.9 Å². The molecule has 124 valence electrons. The minimum absolute atomic E-state index is 0.0273. The van der Waals surface area contributed by atoms with E-state index in [1.54, 1.807) is 6.07 Å². The van der Waals surface area contributed by atoms with Crippen molar-refractivity contribution in [2.45, 2.75) is 13.0 Å². The Morgan fingerprint density at radius 1 is 1.33 bits per heavy atom. The number of pyridine rings is 1. The molecule has 1 heterocycles. The first-order chi connectivity index (χ1) is 11.4. The lowest BCUT2D eigenvalue weighted by atomic mass is 10.2. The number of amides is 1. The van der Waals surface area contributed by atoms with Crippen LogP contribution in [0.3, 0.4) is 0 Å². The molecule has 0 fully saturated rings. The van der Waals surface area contributed by atoms with Crippen molar-refractivity contribution in [1.29, 1.82) is 0 Å². The topological polar surface area (TPSA) is 111 Å². The Kier molecular flexibility index (Phi) is 5.59. The highest BCUT2D eigenvalue weighted by Crippen LogP contribution is 2.23. The number of ether oxygens (including phenoxy) is 1. The molecule has 8 nitrogen and oxygen atoms in total. The van der Waals surface area contributed by atoms with Gasteiger partial charge in [0.05, 0.1) is 10.5 Å². The summed E-state index contributed by atoms with van der Waals surface area (Å²) >= 11 is 3.18. The quantitative estimate of drug-likeness (QED) is 0.474. The van der Waals surface area contributed by atoms with Crippen LogP contribution >= 0.6 is 15.9 Å². The monoisotopic (exact) mass is 393 g/mol. The summed E-state index contributed by atoms with van der Waals surface area (Å²) in [5.41, 5.74) is -0.0465. The number of benzene rings is 1. The van der Waals surface area contributed by atoms with Gasteiger partial charge in [-0.25, -0.2) is 4.79 Å². The standard InChI is InChI=1S/C15H12BrN3O5/c1-9(24-15(21)10-6-11(16)8-17-7-10)14(20)18-12-4-2-3-5-13(12)19(22)23/h2-9H,1H3,(H,18,20)/t9-/m0/s1. The number of carbonyl (C=O) groups excluding carboxylic acids is 2. The first-order valence-corrected chi connectivity index (χ1v) is 7.53. The lowest BCUT2D eigenvalue weighted by molar-refractivity contribution is -0.383. The molecular formula is C15H12BrN3O5. The van der Waals surface area contributed by atoms with E-state index in [9.17, 15) is 19.7 Å². The molecule has 1 aromatic heterocycles. The van der Waals surface area contributed by atoms with Crippen LogP contribution in [0.15, 0.2) is 47.2 Å². The minimum Gasteiger partial charge on any atom is -0.449 e. The number of anilines is 1. The fourth-order valence-electron chi connectivity index (χ4n) is 1.78. The van der Waals surface area contributed by atoms with E-state index in [1.807, 2.05) is 0 Å². The van der Waals surface area contributed by atoms with E-state index in [4.69, 9.17) is 4.74 Å². The molecule has 1 aromatic carbocycles. The zero-order chi connectivity index (χ0) is 17.7. The smallest absolute Gasteiger partial charge is 0.340 e. The number of aromatic nitrogens is 1. The summed E-state index contributed by atoms with van der Waals surface area (Å²) in [5, 5.41) is 13.3. The van der Waals surface area contributed by atoms with Gasteiger partial charge in [0.1, 0.15) is 5.69 Å². The molecule has 0 aliphatic heterocycles. The average Bonchev–Trinajstić information content (AvgIpc) is 2.55. The third-order valence-corrected chi connectivity index (χ3v) is 3.39. The van der Waals surface area contributed by atoms with Crippen molar-refractivity contribution in [3.8, 4) is 0 Å². The van der Waals surface area contributed by atoms with Crippen molar-refractivity contribution < 1.29 is 19.2 Å². The molecule has 0 aliphatic rings. The zero-order valence-electron chi connectivity index (χ0n) is 12.4. The molecule has 2 rings (SSSR count). The van der Waals surface area contributed by atoms with Gasteiger partial charge in [0.15, 0.2) is 6.10 Å². The predicted molar refractivity (Wildman–Crippen MR) is 88.5 cm³/mol. The highest BCUT2D eigenvalue weighted by Gasteiger charge is 2.22. The van der Waals surface area contributed by atoms with E-state index in [0.717, 1.165) is 0 Å². The number of nitro benzene ring substituents is 1. The number of esters is 1.